The van der Waals surface area contributed by atoms with E-state index in [4.69, 9.17) is 0 Å². The van der Waals surface area contributed by atoms with Gasteiger partial charge in [0.25, 0.3) is 5.91 Å². The predicted octanol–water partition coefficient (Wildman–Crippen LogP) is 1.17. The fraction of sp³-hybridized carbons (Fsp3) is 0.588. The highest BCUT2D eigenvalue weighted by Crippen LogP contribution is 2.42. The van der Waals surface area contributed by atoms with Crippen LogP contribution in [0.5, 0.6) is 0 Å². The van der Waals surface area contributed by atoms with E-state index in [0.717, 1.165) is 37.4 Å². The number of carbonyl (C=O) groups is 1. The van der Waals surface area contributed by atoms with Crippen molar-refractivity contribution < 1.29 is 4.79 Å². The van der Waals surface area contributed by atoms with E-state index in [0.29, 0.717) is 17.5 Å². The van der Waals surface area contributed by atoms with E-state index < -0.39 is 0 Å². The fourth-order valence-electron chi connectivity index (χ4n) is 3.42. The molecule has 2 aromatic rings. The van der Waals surface area contributed by atoms with Crippen LogP contribution in [0.1, 0.15) is 41.4 Å². The molecule has 0 radical (unpaired) electrons. The van der Waals surface area contributed by atoms with Crippen LogP contribution in [-0.4, -0.2) is 63.2 Å². The minimum absolute atomic E-state index is 0.0287. The summed E-state index contributed by atoms with van der Waals surface area (Å²) in [5.41, 5.74) is 2.47. The third-order valence-corrected chi connectivity index (χ3v) is 4.96. The topological polar surface area (TPSA) is 80.0 Å². The molecular formula is C17H23N7O. The lowest BCUT2D eigenvalue weighted by molar-refractivity contribution is 0.0778. The molecule has 0 aromatic carbocycles. The highest BCUT2D eigenvalue weighted by Gasteiger charge is 2.32. The molecule has 1 amide bonds. The largest absolute Gasteiger partial charge is 0.376 e. The molecule has 4 rings (SSSR count). The van der Waals surface area contributed by atoms with Crippen LogP contribution in [0.4, 0.5) is 5.69 Å². The zero-order valence-electron chi connectivity index (χ0n) is 14.7. The van der Waals surface area contributed by atoms with E-state index in [1.54, 1.807) is 6.20 Å². The Balaban J connectivity index is 1.46. The maximum absolute atomic E-state index is 12.8. The normalized spacial score (nSPS) is 20.1. The molecule has 2 aromatic heterocycles. The molecule has 0 spiro atoms. The van der Waals surface area contributed by atoms with Gasteiger partial charge in [-0.3, -0.25) is 9.48 Å². The molecule has 8 nitrogen and oxygen atoms in total. The summed E-state index contributed by atoms with van der Waals surface area (Å²) in [5.74, 6) is 0.879. The second kappa shape index (κ2) is 6.42. The standard InChI is InChI=1S/C17H23N7O/c1-22(2)15-9-14(19-20-16(15)13-3-4-13)17(25)23-7-5-12(10-23)11-24-8-6-18-21-24/h6,8-9,12-13H,3-5,7,10-11H2,1-2H3. The first-order chi connectivity index (χ1) is 12.1. The molecule has 8 heteroatoms. The lowest BCUT2D eigenvalue weighted by atomic mass is 10.1. The molecule has 3 heterocycles. The Labute approximate surface area is 146 Å². The summed E-state index contributed by atoms with van der Waals surface area (Å²) in [6.45, 7) is 2.27. The first-order valence-electron chi connectivity index (χ1n) is 8.80. The van der Waals surface area contributed by atoms with Gasteiger partial charge in [0.05, 0.1) is 17.6 Å². The van der Waals surface area contributed by atoms with Gasteiger partial charge < -0.3 is 9.80 Å². The Morgan fingerprint density at radius 1 is 1.28 bits per heavy atom. The fourth-order valence-corrected chi connectivity index (χ4v) is 3.42. The molecule has 1 saturated carbocycles. The van der Waals surface area contributed by atoms with Crippen LogP contribution >= 0.6 is 0 Å². The zero-order valence-corrected chi connectivity index (χ0v) is 14.7. The maximum Gasteiger partial charge on any atom is 0.274 e. The Kier molecular flexibility index (Phi) is 4.10. The third-order valence-electron chi connectivity index (χ3n) is 4.96. The number of rotatable bonds is 5. The molecule has 0 bridgehead atoms. The van der Waals surface area contributed by atoms with E-state index in [2.05, 4.69) is 20.5 Å². The van der Waals surface area contributed by atoms with Crippen LogP contribution in [0.15, 0.2) is 18.5 Å². The number of aromatic nitrogens is 5. The van der Waals surface area contributed by atoms with Crippen LogP contribution in [0.2, 0.25) is 0 Å². The van der Waals surface area contributed by atoms with Crippen molar-refractivity contribution in [1.29, 1.82) is 0 Å². The smallest absolute Gasteiger partial charge is 0.274 e. The van der Waals surface area contributed by atoms with Crippen molar-refractivity contribution in [2.45, 2.75) is 31.7 Å². The Bertz CT molecular complexity index is 754. The van der Waals surface area contributed by atoms with Crippen LogP contribution in [0.25, 0.3) is 0 Å². The summed E-state index contributed by atoms with van der Waals surface area (Å²) in [7, 11) is 3.97. The molecule has 2 aliphatic rings. The highest BCUT2D eigenvalue weighted by molar-refractivity contribution is 5.93. The van der Waals surface area contributed by atoms with Gasteiger partial charge >= 0.3 is 0 Å². The lowest BCUT2D eigenvalue weighted by Crippen LogP contribution is -2.30. The Morgan fingerprint density at radius 3 is 2.80 bits per heavy atom. The van der Waals surface area contributed by atoms with Gasteiger partial charge in [-0.25, -0.2) is 0 Å². The monoisotopic (exact) mass is 341 g/mol. The summed E-state index contributed by atoms with van der Waals surface area (Å²) in [5, 5.41) is 16.4. The zero-order chi connectivity index (χ0) is 17.4. The van der Waals surface area contributed by atoms with Crippen LogP contribution in [0.3, 0.4) is 0 Å². The number of nitrogens with zero attached hydrogens (tertiary/aromatic N) is 7. The summed E-state index contributed by atoms with van der Waals surface area (Å²) in [6.07, 6.45) is 6.84. The van der Waals surface area contributed by atoms with Crippen LogP contribution < -0.4 is 4.90 Å². The first-order valence-corrected chi connectivity index (χ1v) is 8.80. The average molecular weight is 341 g/mol. The molecule has 1 aliphatic carbocycles. The molecular weight excluding hydrogens is 318 g/mol. The number of anilines is 1. The number of carbonyl (C=O) groups excluding carboxylic acids is 1. The Morgan fingerprint density at radius 2 is 2.12 bits per heavy atom. The van der Waals surface area contributed by atoms with Gasteiger partial charge in [0.15, 0.2) is 5.69 Å². The number of amides is 1. The average Bonchev–Trinajstić information content (AvgIpc) is 3.13. The summed E-state index contributed by atoms with van der Waals surface area (Å²) in [6, 6.07) is 1.90. The molecule has 1 atom stereocenters. The van der Waals surface area contributed by atoms with Crippen LogP contribution in [0, 0.1) is 5.92 Å². The minimum atomic E-state index is -0.0287. The van der Waals surface area contributed by atoms with Crippen molar-refractivity contribution in [1.82, 2.24) is 30.1 Å². The molecule has 2 fully saturated rings. The van der Waals surface area contributed by atoms with Gasteiger partial charge in [0.1, 0.15) is 0 Å². The van der Waals surface area contributed by atoms with Gasteiger partial charge in [-0.2, -0.15) is 5.10 Å². The number of hydrogen-bond donors (Lipinski definition) is 0. The SMILES string of the molecule is CN(C)c1cc(C(=O)N2CCC(Cn3ccnn3)C2)nnc1C1CC1. The lowest BCUT2D eigenvalue weighted by Gasteiger charge is -2.19. The quantitative estimate of drug-likeness (QED) is 0.812. The van der Waals surface area contributed by atoms with Crippen LogP contribution in [-0.2, 0) is 6.54 Å². The molecule has 25 heavy (non-hydrogen) atoms. The highest BCUT2D eigenvalue weighted by atomic mass is 16.2. The summed E-state index contributed by atoms with van der Waals surface area (Å²) >= 11 is 0. The molecule has 1 saturated heterocycles. The van der Waals surface area contributed by atoms with Crippen molar-refractivity contribution >= 4 is 11.6 Å². The molecule has 132 valence electrons. The summed E-state index contributed by atoms with van der Waals surface area (Å²) in [4.78, 5) is 16.7. The second-order valence-corrected chi connectivity index (χ2v) is 7.20. The first kappa shape index (κ1) is 16.0. The molecule has 0 N–H and O–H groups in total. The van der Waals surface area contributed by atoms with Gasteiger partial charge in [-0.05, 0) is 31.2 Å². The van der Waals surface area contributed by atoms with Crippen molar-refractivity contribution in [3.63, 3.8) is 0 Å². The van der Waals surface area contributed by atoms with E-state index in [1.807, 2.05) is 40.8 Å². The predicted molar refractivity (Wildman–Crippen MR) is 92.4 cm³/mol. The molecule has 1 unspecified atom stereocenters. The van der Waals surface area contributed by atoms with Gasteiger partial charge in [0.2, 0.25) is 0 Å². The van der Waals surface area contributed by atoms with E-state index in [-0.39, 0.29) is 5.91 Å². The van der Waals surface area contributed by atoms with Gasteiger partial charge in [0, 0.05) is 45.8 Å². The third kappa shape index (κ3) is 3.33. The molecule has 1 aliphatic heterocycles. The maximum atomic E-state index is 12.8. The summed E-state index contributed by atoms with van der Waals surface area (Å²) < 4.78 is 1.83. The number of hydrogen-bond acceptors (Lipinski definition) is 6. The minimum Gasteiger partial charge on any atom is -0.376 e. The van der Waals surface area contributed by atoms with Crippen molar-refractivity contribution in [2.75, 3.05) is 32.1 Å². The Hall–Kier alpha value is -2.51. The van der Waals surface area contributed by atoms with Crippen molar-refractivity contribution in [3.05, 3.63) is 29.8 Å². The second-order valence-electron chi connectivity index (χ2n) is 7.20. The van der Waals surface area contributed by atoms with Crippen molar-refractivity contribution in [2.24, 2.45) is 5.92 Å². The van der Waals surface area contributed by atoms with Gasteiger partial charge in [-0.1, -0.05) is 5.21 Å². The number of likely N-dealkylation sites (tertiary alicyclic amines) is 1. The van der Waals surface area contributed by atoms with E-state index in [9.17, 15) is 4.79 Å². The van der Waals surface area contributed by atoms with E-state index >= 15 is 0 Å². The van der Waals surface area contributed by atoms with Crippen molar-refractivity contribution in [3.8, 4) is 0 Å². The van der Waals surface area contributed by atoms with Gasteiger partial charge in [-0.15, -0.1) is 10.2 Å². The van der Waals surface area contributed by atoms with E-state index in [1.165, 1.54) is 12.8 Å².